The zero-order valence-corrected chi connectivity index (χ0v) is 18.2. The average Bonchev–Trinajstić information content (AvgIpc) is 3.32. The second-order valence-corrected chi connectivity index (χ2v) is 9.06. The van der Waals surface area contributed by atoms with E-state index in [1.165, 1.54) is 4.90 Å². The summed E-state index contributed by atoms with van der Waals surface area (Å²) < 4.78 is 13.3. The SMILES string of the molecule is Nc1n[nH]c2c(CN3CC(F)C3)cc(-c3ccc4c(c3)CN(C3CCC(=O)NC3=O)C4=O)nc12. The quantitative estimate of drug-likeness (QED) is 0.493. The van der Waals surface area contributed by atoms with Gasteiger partial charge in [-0.3, -0.25) is 29.7 Å². The number of imide groups is 1. The van der Waals surface area contributed by atoms with Crippen LogP contribution in [0.25, 0.3) is 22.3 Å². The van der Waals surface area contributed by atoms with Crippen molar-refractivity contribution in [3.63, 3.8) is 0 Å². The van der Waals surface area contributed by atoms with E-state index >= 15 is 0 Å². The monoisotopic (exact) mass is 463 g/mol. The van der Waals surface area contributed by atoms with Gasteiger partial charge in [-0.2, -0.15) is 5.10 Å². The topological polar surface area (TPSA) is 137 Å². The van der Waals surface area contributed by atoms with Gasteiger partial charge >= 0.3 is 0 Å². The number of fused-ring (bicyclic) bond motifs is 2. The van der Waals surface area contributed by atoms with Crippen molar-refractivity contribution in [2.24, 2.45) is 0 Å². The second kappa shape index (κ2) is 7.59. The van der Waals surface area contributed by atoms with Crippen molar-refractivity contribution in [1.29, 1.82) is 0 Å². The largest absolute Gasteiger partial charge is 0.380 e. The highest BCUT2D eigenvalue weighted by Crippen LogP contribution is 2.33. The number of nitrogen functional groups attached to an aromatic ring is 1. The molecular weight excluding hydrogens is 441 g/mol. The van der Waals surface area contributed by atoms with Gasteiger partial charge in [0.1, 0.15) is 17.7 Å². The maximum atomic E-state index is 13.3. The van der Waals surface area contributed by atoms with Gasteiger partial charge in [-0.05, 0) is 35.7 Å². The number of alkyl halides is 1. The Balaban J connectivity index is 1.33. The molecule has 1 atom stereocenters. The fraction of sp³-hybridized carbons (Fsp3) is 0.348. The Morgan fingerprint density at radius 2 is 2.00 bits per heavy atom. The van der Waals surface area contributed by atoms with Gasteiger partial charge in [-0.1, -0.05) is 6.07 Å². The third-order valence-electron chi connectivity index (χ3n) is 6.76. The first-order valence-corrected chi connectivity index (χ1v) is 11.1. The molecule has 0 radical (unpaired) electrons. The molecule has 0 spiro atoms. The number of nitrogens with two attached hydrogens (primary N) is 1. The molecule has 10 nitrogen and oxygen atoms in total. The number of rotatable bonds is 4. The summed E-state index contributed by atoms with van der Waals surface area (Å²) in [5.41, 5.74) is 11.0. The molecule has 6 rings (SSSR count). The number of halogens is 1. The highest BCUT2D eigenvalue weighted by Gasteiger charge is 2.39. The van der Waals surface area contributed by atoms with Crippen LogP contribution in [-0.2, 0) is 22.7 Å². The van der Waals surface area contributed by atoms with Crippen molar-refractivity contribution >= 4 is 34.6 Å². The zero-order valence-electron chi connectivity index (χ0n) is 18.2. The number of nitrogens with one attached hydrogen (secondary N) is 2. The number of benzene rings is 1. The Morgan fingerprint density at radius 3 is 2.76 bits per heavy atom. The number of H-pyrrole nitrogens is 1. The summed E-state index contributed by atoms with van der Waals surface area (Å²) in [7, 11) is 0. The molecule has 34 heavy (non-hydrogen) atoms. The molecule has 0 bridgehead atoms. The number of likely N-dealkylation sites (tertiary alicyclic amines) is 1. The number of carbonyl (C=O) groups excluding carboxylic acids is 3. The molecule has 1 aromatic carbocycles. The summed E-state index contributed by atoms with van der Waals surface area (Å²) in [4.78, 5) is 45.0. The van der Waals surface area contributed by atoms with E-state index in [1.54, 1.807) is 6.07 Å². The number of nitrogens with zero attached hydrogens (tertiary/aromatic N) is 4. The number of aromatic nitrogens is 3. The highest BCUT2D eigenvalue weighted by atomic mass is 19.1. The number of hydrogen-bond donors (Lipinski definition) is 3. The molecule has 5 heterocycles. The fourth-order valence-electron chi connectivity index (χ4n) is 4.96. The molecule has 0 saturated carbocycles. The number of carbonyl (C=O) groups is 3. The summed E-state index contributed by atoms with van der Waals surface area (Å²) in [6, 6.07) is 6.73. The lowest BCUT2D eigenvalue weighted by atomic mass is 10.0. The van der Waals surface area contributed by atoms with Gasteiger partial charge in [0.25, 0.3) is 5.91 Å². The minimum atomic E-state index is -0.801. The van der Waals surface area contributed by atoms with Crippen LogP contribution < -0.4 is 11.1 Å². The van der Waals surface area contributed by atoms with E-state index in [0.29, 0.717) is 42.8 Å². The molecule has 2 aromatic heterocycles. The van der Waals surface area contributed by atoms with Crippen LogP contribution in [0.2, 0.25) is 0 Å². The lowest BCUT2D eigenvalue weighted by Gasteiger charge is -2.34. The van der Waals surface area contributed by atoms with E-state index in [-0.39, 0.29) is 30.6 Å². The van der Waals surface area contributed by atoms with Crippen molar-refractivity contribution in [3.05, 3.63) is 41.0 Å². The van der Waals surface area contributed by atoms with E-state index in [0.717, 1.165) is 22.2 Å². The van der Waals surface area contributed by atoms with Gasteiger partial charge in [0.05, 0.1) is 11.2 Å². The van der Waals surface area contributed by atoms with E-state index in [2.05, 4.69) is 15.5 Å². The Hall–Kier alpha value is -3.86. The third-order valence-corrected chi connectivity index (χ3v) is 6.76. The average molecular weight is 463 g/mol. The molecule has 3 amide bonds. The molecule has 11 heteroatoms. The van der Waals surface area contributed by atoms with Gasteiger partial charge in [0, 0.05) is 43.7 Å². The van der Waals surface area contributed by atoms with E-state index in [1.807, 2.05) is 23.1 Å². The van der Waals surface area contributed by atoms with E-state index in [4.69, 9.17) is 10.7 Å². The molecule has 3 aromatic rings. The van der Waals surface area contributed by atoms with Crippen LogP contribution in [0.5, 0.6) is 0 Å². The van der Waals surface area contributed by atoms with Crippen LogP contribution in [0.1, 0.15) is 34.3 Å². The minimum absolute atomic E-state index is 0.209. The maximum absolute atomic E-state index is 13.3. The number of amides is 3. The molecular formula is C23H22FN7O3. The van der Waals surface area contributed by atoms with E-state index < -0.39 is 18.1 Å². The zero-order chi connectivity index (χ0) is 23.6. The Labute approximate surface area is 193 Å². The summed E-state index contributed by atoms with van der Waals surface area (Å²) in [5.74, 6) is -0.696. The Bertz CT molecular complexity index is 1360. The van der Waals surface area contributed by atoms with Crippen molar-refractivity contribution in [2.45, 2.75) is 38.1 Å². The number of piperidine rings is 1. The van der Waals surface area contributed by atoms with Gasteiger partial charge in [-0.15, -0.1) is 0 Å². The first kappa shape index (κ1) is 20.7. The van der Waals surface area contributed by atoms with Crippen LogP contribution >= 0.6 is 0 Å². The van der Waals surface area contributed by atoms with Crippen molar-refractivity contribution in [2.75, 3.05) is 18.8 Å². The number of aromatic amines is 1. The molecule has 174 valence electrons. The standard InChI is InChI=1S/C23H22FN7O3/c24-14-9-30(10-14)7-13-6-16(26-20-19(13)28-29-21(20)25)11-1-2-15-12(5-11)8-31(23(15)34)17-3-4-18(32)27-22(17)33/h1-2,5-6,14,17H,3-4,7-10H2,(H3,25,28,29)(H,27,32,33). The maximum Gasteiger partial charge on any atom is 0.255 e. The summed E-state index contributed by atoms with van der Waals surface area (Å²) in [6.45, 7) is 1.60. The molecule has 4 N–H and O–H groups in total. The van der Waals surface area contributed by atoms with Gasteiger partial charge in [-0.25, -0.2) is 9.37 Å². The van der Waals surface area contributed by atoms with Crippen LogP contribution in [0, 0.1) is 0 Å². The van der Waals surface area contributed by atoms with Gasteiger partial charge in [0.2, 0.25) is 11.8 Å². The first-order chi connectivity index (χ1) is 16.4. The predicted molar refractivity (Wildman–Crippen MR) is 120 cm³/mol. The molecule has 3 aliphatic rings. The lowest BCUT2D eigenvalue weighted by molar-refractivity contribution is -0.136. The van der Waals surface area contributed by atoms with Crippen molar-refractivity contribution in [3.8, 4) is 11.3 Å². The smallest absolute Gasteiger partial charge is 0.255 e. The predicted octanol–water partition coefficient (Wildman–Crippen LogP) is 1.12. The number of hydrogen-bond acceptors (Lipinski definition) is 7. The molecule has 2 fully saturated rings. The van der Waals surface area contributed by atoms with Gasteiger partial charge < -0.3 is 10.6 Å². The van der Waals surface area contributed by atoms with Crippen LogP contribution in [0.3, 0.4) is 0 Å². The first-order valence-electron chi connectivity index (χ1n) is 11.1. The van der Waals surface area contributed by atoms with Crippen LogP contribution in [0.15, 0.2) is 24.3 Å². The molecule has 2 saturated heterocycles. The Kier molecular flexibility index (Phi) is 4.63. The van der Waals surface area contributed by atoms with E-state index in [9.17, 15) is 18.8 Å². The molecule has 0 aliphatic carbocycles. The third kappa shape index (κ3) is 3.31. The number of anilines is 1. The lowest BCUT2D eigenvalue weighted by Crippen LogP contribution is -2.52. The van der Waals surface area contributed by atoms with Gasteiger partial charge in [0.15, 0.2) is 5.82 Å². The summed E-state index contributed by atoms with van der Waals surface area (Å²) >= 11 is 0. The summed E-state index contributed by atoms with van der Waals surface area (Å²) in [6.07, 6.45) is -0.277. The minimum Gasteiger partial charge on any atom is -0.380 e. The van der Waals surface area contributed by atoms with Crippen LogP contribution in [-0.4, -0.2) is 68.0 Å². The normalized spacial score (nSPS) is 21.1. The van der Waals surface area contributed by atoms with Crippen LogP contribution in [0.4, 0.5) is 10.2 Å². The Morgan fingerprint density at radius 1 is 1.18 bits per heavy atom. The second-order valence-electron chi connectivity index (χ2n) is 9.06. The fourth-order valence-corrected chi connectivity index (χ4v) is 4.96. The molecule has 3 aliphatic heterocycles. The number of pyridine rings is 1. The van der Waals surface area contributed by atoms with Crippen molar-refractivity contribution < 1.29 is 18.8 Å². The summed E-state index contributed by atoms with van der Waals surface area (Å²) in [5, 5.41) is 9.32. The highest BCUT2D eigenvalue weighted by molar-refractivity contribution is 6.05. The van der Waals surface area contributed by atoms with Crippen molar-refractivity contribution in [1.82, 2.24) is 30.3 Å². The molecule has 1 unspecified atom stereocenters.